The molecular weight excluding hydrogens is 216 g/mol. The van der Waals surface area contributed by atoms with E-state index in [9.17, 15) is 4.79 Å². The predicted octanol–water partition coefficient (Wildman–Crippen LogP) is 3.21. The molecule has 1 aromatic carbocycles. The molecule has 0 aliphatic heterocycles. The van der Waals surface area contributed by atoms with Crippen LogP contribution in [0.4, 0.5) is 0 Å². The minimum atomic E-state index is -0.519. The van der Waals surface area contributed by atoms with Crippen LogP contribution in [0.25, 0.3) is 0 Å². The van der Waals surface area contributed by atoms with Crippen molar-refractivity contribution in [1.29, 1.82) is 0 Å². The smallest absolute Gasteiger partial charge is 0.316 e. The zero-order chi connectivity index (χ0) is 13.1. The molecule has 0 amide bonds. The van der Waals surface area contributed by atoms with Crippen LogP contribution in [0.5, 0.6) is 11.5 Å². The Balaban J connectivity index is 2.95. The van der Waals surface area contributed by atoms with Crippen molar-refractivity contribution in [1.82, 2.24) is 0 Å². The Morgan fingerprint density at radius 3 is 2.35 bits per heavy atom. The summed E-state index contributed by atoms with van der Waals surface area (Å²) in [5.74, 6) is 0.812. The lowest BCUT2D eigenvalue weighted by Gasteiger charge is -2.17. The molecule has 0 fully saturated rings. The molecule has 17 heavy (non-hydrogen) atoms. The van der Waals surface area contributed by atoms with Crippen LogP contribution in [0.1, 0.15) is 33.3 Å². The molecule has 1 aromatic rings. The van der Waals surface area contributed by atoms with Crippen molar-refractivity contribution in [3.63, 3.8) is 0 Å². The third-order valence-electron chi connectivity index (χ3n) is 2.45. The molecule has 3 heteroatoms. The van der Waals surface area contributed by atoms with E-state index < -0.39 is 5.41 Å². The van der Waals surface area contributed by atoms with Crippen molar-refractivity contribution >= 4 is 5.97 Å². The molecule has 0 aliphatic rings. The monoisotopic (exact) mass is 236 g/mol. The molecule has 0 saturated carbocycles. The highest BCUT2D eigenvalue weighted by Gasteiger charge is 2.24. The molecule has 0 saturated heterocycles. The van der Waals surface area contributed by atoms with E-state index in [-0.39, 0.29) is 5.97 Å². The van der Waals surface area contributed by atoms with Crippen LogP contribution >= 0.6 is 0 Å². The maximum atomic E-state index is 11.8. The van der Waals surface area contributed by atoms with E-state index in [4.69, 9.17) is 9.47 Å². The molecule has 0 N–H and O–H groups in total. The Morgan fingerprint density at radius 1 is 1.24 bits per heavy atom. The van der Waals surface area contributed by atoms with Gasteiger partial charge in [0.1, 0.15) is 0 Å². The first-order chi connectivity index (χ1) is 7.88. The van der Waals surface area contributed by atoms with Crippen molar-refractivity contribution in [2.45, 2.75) is 34.1 Å². The highest BCUT2D eigenvalue weighted by atomic mass is 16.6. The maximum Gasteiger partial charge on any atom is 0.316 e. The summed E-state index contributed by atoms with van der Waals surface area (Å²) in [6.45, 7) is 7.53. The molecule has 0 atom stereocenters. The lowest BCUT2D eigenvalue weighted by atomic mass is 9.97. The summed E-state index contributed by atoms with van der Waals surface area (Å²) in [6.07, 6.45) is 0.920. The lowest BCUT2D eigenvalue weighted by Crippen LogP contribution is -2.25. The van der Waals surface area contributed by atoms with Crippen molar-refractivity contribution < 1.29 is 14.3 Å². The van der Waals surface area contributed by atoms with Gasteiger partial charge in [-0.25, -0.2) is 0 Å². The van der Waals surface area contributed by atoms with Crippen LogP contribution in [0.2, 0.25) is 0 Å². The minimum absolute atomic E-state index is 0.264. The predicted molar refractivity (Wildman–Crippen MR) is 67.5 cm³/mol. The molecule has 0 unspecified atom stereocenters. The number of benzene rings is 1. The van der Waals surface area contributed by atoms with Crippen molar-refractivity contribution in [2.24, 2.45) is 5.41 Å². The van der Waals surface area contributed by atoms with Gasteiger partial charge in [0.2, 0.25) is 0 Å². The zero-order valence-corrected chi connectivity index (χ0v) is 11.2. The standard InChI is InChI=1S/C14H20O3/c1-6-10-7-8-11(12(9-10)16-5)17-13(15)14(2,3)4/h7-9H,6H2,1-5H3. The van der Waals surface area contributed by atoms with Crippen LogP contribution in [-0.4, -0.2) is 13.1 Å². The Hall–Kier alpha value is -1.51. The Bertz CT molecular complexity index is 402. The third kappa shape index (κ3) is 3.48. The molecule has 0 aromatic heterocycles. The summed E-state index contributed by atoms with van der Waals surface area (Å²) in [4.78, 5) is 11.8. The Kier molecular flexibility index (Phi) is 4.16. The normalized spacial score (nSPS) is 11.1. The first-order valence-electron chi connectivity index (χ1n) is 5.77. The van der Waals surface area contributed by atoms with Gasteiger partial charge in [0, 0.05) is 0 Å². The first-order valence-corrected chi connectivity index (χ1v) is 5.77. The van der Waals surface area contributed by atoms with Gasteiger partial charge >= 0.3 is 5.97 Å². The van der Waals surface area contributed by atoms with Gasteiger partial charge in [-0.15, -0.1) is 0 Å². The van der Waals surface area contributed by atoms with E-state index in [1.165, 1.54) is 0 Å². The van der Waals surface area contributed by atoms with Gasteiger partial charge in [0.25, 0.3) is 0 Å². The number of ether oxygens (including phenoxy) is 2. The van der Waals surface area contributed by atoms with Gasteiger partial charge in [-0.05, 0) is 44.9 Å². The van der Waals surface area contributed by atoms with Gasteiger partial charge in [-0.3, -0.25) is 4.79 Å². The fraction of sp³-hybridized carbons (Fsp3) is 0.500. The van der Waals surface area contributed by atoms with Crippen LogP contribution in [-0.2, 0) is 11.2 Å². The maximum absolute atomic E-state index is 11.8. The summed E-state index contributed by atoms with van der Waals surface area (Å²) in [6, 6.07) is 5.61. The van der Waals surface area contributed by atoms with E-state index in [1.807, 2.05) is 32.9 Å². The zero-order valence-electron chi connectivity index (χ0n) is 11.2. The summed E-state index contributed by atoms with van der Waals surface area (Å²) < 4.78 is 10.6. The second-order valence-electron chi connectivity index (χ2n) is 4.98. The van der Waals surface area contributed by atoms with Gasteiger partial charge < -0.3 is 9.47 Å². The molecule has 0 heterocycles. The molecule has 0 bridgehead atoms. The number of hydrogen-bond donors (Lipinski definition) is 0. The summed E-state index contributed by atoms with van der Waals surface area (Å²) >= 11 is 0. The summed E-state index contributed by atoms with van der Waals surface area (Å²) in [5, 5.41) is 0. The van der Waals surface area contributed by atoms with E-state index in [0.29, 0.717) is 11.5 Å². The summed E-state index contributed by atoms with van der Waals surface area (Å²) in [7, 11) is 1.57. The molecule has 94 valence electrons. The first kappa shape index (κ1) is 13.6. The number of carbonyl (C=O) groups is 1. The van der Waals surface area contributed by atoms with Crippen LogP contribution < -0.4 is 9.47 Å². The van der Waals surface area contributed by atoms with Gasteiger partial charge in [0.15, 0.2) is 11.5 Å². The quantitative estimate of drug-likeness (QED) is 0.597. The van der Waals surface area contributed by atoms with Gasteiger partial charge in [0.05, 0.1) is 12.5 Å². The highest BCUT2D eigenvalue weighted by molar-refractivity contribution is 5.78. The fourth-order valence-electron chi connectivity index (χ4n) is 1.27. The third-order valence-corrected chi connectivity index (χ3v) is 2.45. The van der Waals surface area contributed by atoms with E-state index >= 15 is 0 Å². The van der Waals surface area contributed by atoms with Crippen LogP contribution in [0.15, 0.2) is 18.2 Å². The molecule has 0 radical (unpaired) electrons. The van der Waals surface area contributed by atoms with Gasteiger partial charge in [-0.1, -0.05) is 13.0 Å². The van der Waals surface area contributed by atoms with Gasteiger partial charge in [-0.2, -0.15) is 0 Å². The SMILES string of the molecule is CCc1ccc(OC(=O)C(C)(C)C)c(OC)c1. The molecule has 0 spiro atoms. The van der Waals surface area contributed by atoms with Crippen molar-refractivity contribution in [2.75, 3.05) is 7.11 Å². The van der Waals surface area contributed by atoms with Crippen molar-refractivity contribution in [3.8, 4) is 11.5 Å². The number of rotatable bonds is 3. The Labute approximate surface area is 103 Å². The second-order valence-corrected chi connectivity index (χ2v) is 4.98. The molecule has 3 nitrogen and oxygen atoms in total. The average molecular weight is 236 g/mol. The van der Waals surface area contributed by atoms with Crippen LogP contribution in [0.3, 0.4) is 0 Å². The number of carbonyl (C=O) groups excluding carboxylic acids is 1. The van der Waals surface area contributed by atoms with Crippen molar-refractivity contribution in [3.05, 3.63) is 23.8 Å². The topological polar surface area (TPSA) is 35.5 Å². The molecule has 1 rings (SSSR count). The van der Waals surface area contributed by atoms with E-state index in [0.717, 1.165) is 12.0 Å². The lowest BCUT2D eigenvalue weighted by molar-refractivity contribution is -0.143. The fourth-order valence-corrected chi connectivity index (χ4v) is 1.27. The van der Waals surface area contributed by atoms with E-state index in [1.54, 1.807) is 13.2 Å². The number of methoxy groups -OCH3 is 1. The van der Waals surface area contributed by atoms with Crippen LogP contribution in [0, 0.1) is 5.41 Å². The largest absolute Gasteiger partial charge is 0.493 e. The number of hydrogen-bond acceptors (Lipinski definition) is 3. The molecular formula is C14H20O3. The average Bonchev–Trinajstić information content (AvgIpc) is 2.28. The summed E-state index contributed by atoms with van der Waals surface area (Å²) in [5.41, 5.74) is 0.631. The number of esters is 1. The molecule has 0 aliphatic carbocycles. The Morgan fingerprint density at radius 2 is 1.88 bits per heavy atom. The minimum Gasteiger partial charge on any atom is -0.493 e. The second kappa shape index (κ2) is 5.21. The number of aryl methyl sites for hydroxylation is 1. The highest BCUT2D eigenvalue weighted by Crippen LogP contribution is 2.30. The van der Waals surface area contributed by atoms with E-state index in [2.05, 4.69) is 6.92 Å².